The number of ether oxygens (including phenoxy) is 1. The molecule has 0 unspecified atom stereocenters. The largest absolute Gasteiger partial charge is 0.465 e. The Hall–Kier alpha value is -3.14. The lowest BCUT2D eigenvalue weighted by Crippen LogP contribution is -2.05. The van der Waals surface area contributed by atoms with E-state index in [-0.39, 0.29) is 5.97 Å². The van der Waals surface area contributed by atoms with Crippen molar-refractivity contribution in [2.45, 2.75) is 6.92 Å². The molecule has 0 N–H and O–H groups in total. The van der Waals surface area contributed by atoms with Crippen LogP contribution in [0.5, 0.6) is 0 Å². The second kappa shape index (κ2) is 6.96. The Morgan fingerprint density at radius 3 is 2.25 bits per heavy atom. The smallest absolute Gasteiger partial charge is 0.341 e. The quantitative estimate of drug-likeness (QED) is 0.679. The maximum absolute atomic E-state index is 12.2. The summed E-state index contributed by atoms with van der Waals surface area (Å²) in [4.78, 5) is 12.2. The van der Waals surface area contributed by atoms with Gasteiger partial charge in [-0.2, -0.15) is 5.10 Å². The number of carbonyl (C=O) groups excluding carboxylic acids is 1. The molecule has 0 aliphatic carbocycles. The second-order valence-corrected chi connectivity index (χ2v) is 5.33. The first kappa shape index (κ1) is 15.7. The van der Waals surface area contributed by atoms with Crippen LogP contribution in [0, 0.1) is 6.92 Å². The minimum Gasteiger partial charge on any atom is -0.465 e. The first-order valence-corrected chi connectivity index (χ1v) is 7.67. The lowest BCUT2D eigenvalue weighted by atomic mass is 10.1. The Morgan fingerprint density at radius 2 is 1.62 bits per heavy atom. The van der Waals surface area contributed by atoms with Crippen molar-refractivity contribution in [1.29, 1.82) is 0 Å². The van der Waals surface area contributed by atoms with Gasteiger partial charge >= 0.3 is 5.97 Å². The van der Waals surface area contributed by atoms with Crippen LogP contribution in [-0.2, 0) is 4.74 Å². The minimum atomic E-state index is -0.387. The number of carbonyl (C=O) groups is 1. The van der Waals surface area contributed by atoms with Crippen LogP contribution in [-0.4, -0.2) is 22.9 Å². The van der Waals surface area contributed by atoms with Crippen molar-refractivity contribution in [3.8, 4) is 5.69 Å². The van der Waals surface area contributed by atoms with E-state index in [2.05, 4.69) is 5.10 Å². The molecule has 0 fully saturated rings. The molecule has 0 spiro atoms. The molecule has 0 saturated heterocycles. The molecule has 4 heteroatoms. The van der Waals surface area contributed by atoms with Crippen LogP contribution in [0.25, 0.3) is 17.8 Å². The normalized spacial score (nSPS) is 10.9. The Balaban J connectivity index is 2.08. The van der Waals surface area contributed by atoms with E-state index in [1.54, 1.807) is 4.68 Å². The second-order valence-electron chi connectivity index (χ2n) is 5.33. The average molecular weight is 318 g/mol. The molecule has 3 aromatic rings. The van der Waals surface area contributed by atoms with Gasteiger partial charge in [0.25, 0.3) is 0 Å². The summed E-state index contributed by atoms with van der Waals surface area (Å²) in [7, 11) is 1.38. The van der Waals surface area contributed by atoms with Gasteiger partial charge in [0.15, 0.2) is 0 Å². The standard InChI is InChI=1S/C20H18N2O2/c1-15-19(20(23)24-2)18(14-13-16-9-5-3-6-10-16)21-22(15)17-11-7-4-8-12-17/h3-14H,1-2H3. The van der Waals surface area contributed by atoms with Crippen LogP contribution in [0.15, 0.2) is 60.7 Å². The van der Waals surface area contributed by atoms with Crippen LogP contribution < -0.4 is 0 Å². The fourth-order valence-electron chi connectivity index (χ4n) is 2.55. The van der Waals surface area contributed by atoms with Crippen molar-refractivity contribution in [1.82, 2.24) is 9.78 Å². The summed E-state index contributed by atoms with van der Waals surface area (Å²) in [5.41, 5.74) is 3.76. The van der Waals surface area contributed by atoms with Crippen LogP contribution >= 0.6 is 0 Å². The maximum atomic E-state index is 12.2. The van der Waals surface area contributed by atoms with E-state index < -0.39 is 0 Å². The van der Waals surface area contributed by atoms with Gasteiger partial charge in [0.05, 0.1) is 18.5 Å². The Morgan fingerprint density at radius 1 is 1.00 bits per heavy atom. The zero-order valence-electron chi connectivity index (χ0n) is 13.6. The van der Waals surface area contributed by atoms with E-state index in [1.807, 2.05) is 79.7 Å². The third-order valence-corrected chi connectivity index (χ3v) is 3.77. The van der Waals surface area contributed by atoms with E-state index in [0.717, 1.165) is 16.9 Å². The fourth-order valence-corrected chi connectivity index (χ4v) is 2.55. The van der Waals surface area contributed by atoms with Crippen LogP contribution in [0.3, 0.4) is 0 Å². The van der Waals surface area contributed by atoms with Crippen molar-refractivity contribution in [2.24, 2.45) is 0 Å². The number of methoxy groups -OCH3 is 1. The lowest BCUT2D eigenvalue weighted by molar-refractivity contribution is 0.0599. The maximum Gasteiger partial charge on any atom is 0.341 e. The number of benzene rings is 2. The highest BCUT2D eigenvalue weighted by Crippen LogP contribution is 2.21. The molecule has 0 aliphatic rings. The van der Waals surface area contributed by atoms with Crippen molar-refractivity contribution < 1.29 is 9.53 Å². The molecule has 0 aliphatic heterocycles. The molecule has 1 heterocycles. The summed E-state index contributed by atoms with van der Waals surface area (Å²) in [6.07, 6.45) is 3.78. The van der Waals surface area contributed by atoms with E-state index in [1.165, 1.54) is 7.11 Å². The van der Waals surface area contributed by atoms with Gasteiger partial charge in [-0.05, 0) is 30.7 Å². The summed E-state index contributed by atoms with van der Waals surface area (Å²) in [6, 6.07) is 19.6. The number of esters is 1. The zero-order chi connectivity index (χ0) is 16.9. The third-order valence-electron chi connectivity index (χ3n) is 3.77. The molecule has 0 atom stereocenters. The summed E-state index contributed by atoms with van der Waals surface area (Å²) in [6.45, 7) is 1.87. The molecule has 0 bridgehead atoms. The highest BCUT2D eigenvalue weighted by molar-refractivity contribution is 5.95. The number of rotatable bonds is 4. The number of hydrogen-bond donors (Lipinski definition) is 0. The van der Waals surface area contributed by atoms with Crippen LogP contribution in [0.2, 0.25) is 0 Å². The predicted octanol–water partition coefficient (Wildman–Crippen LogP) is 4.14. The fraction of sp³-hybridized carbons (Fsp3) is 0.100. The summed E-state index contributed by atoms with van der Waals surface area (Å²) in [5.74, 6) is -0.387. The molecule has 24 heavy (non-hydrogen) atoms. The molecule has 0 amide bonds. The SMILES string of the molecule is COC(=O)c1c(C=Cc2ccccc2)nn(-c2ccccc2)c1C. The highest BCUT2D eigenvalue weighted by atomic mass is 16.5. The molecule has 1 aromatic heterocycles. The topological polar surface area (TPSA) is 44.1 Å². The van der Waals surface area contributed by atoms with Crippen LogP contribution in [0.4, 0.5) is 0 Å². The lowest BCUT2D eigenvalue weighted by Gasteiger charge is -2.04. The number of hydrogen-bond acceptors (Lipinski definition) is 3. The van der Waals surface area contributed by atoms with Gasteiger partial charge in [0, 0.05) is 0 Å². The van der Waals surface area contributed by atoms with Gasteiger partial charge < -0.3 is 4.74 Å². The van der Waals surface area contributed by atoms with Crippen LogP contribution in [0.1, 0.15) is 27.3 Å². The summed E-state index contributed by atoms with van der Waals surface area (Å²) in [5, 5.41) is 4.59. The molecule has 120 valence electrons. The van der Waals surface area contributed by atoms with Gasteiger partial charge in [0.2, 0.25) is 0 Å². The first-order valence-electron chi connectivity index (χ1n) is 7.67. The van der Waals surface area contributed by atoms with Gasteiger partial charge in [-0.25, -0.2) is 9.48 Å². The third kappa shape index (κ3) is 3.13. The van der Waals surface area contributed by atoms with Crippen molar-refractivity contribution >= 4 is 18.1 Å². The monoisotopic (exact) mass is 318 g/mol. The molecule has 2 aromatic carbocycles. The number of para-hydroxylation sites is 1. The highest BCUT2D eigenvalue weighted by Gasteiger charge is 2.21. The number of aromatic nitrogens is 2. The van der Waals surface area contributed by atoms with Crippen molar-refractivity contribution in [2.75, 3.05) is 7.11 Å². The van der Waals surface area contributed by atoms with Gasteiger partial charge in [-0.3, -0.25) is 0 Å². The Kier molecular flexibility index (Phi) is 4.57. The van der Waals surface area contributed by atoms with Gasteiger partial charge in [0.1, 0.15) is 11.3 Å². The molecule has 0 saturated carbocycles. The van der Waals surface area contributed by atoms with Gasteiger partial charge in [-0.1, -0.05) is 54.6 Å². The van der Waals surface area contributed by atoms with Crippen molar-refractivity contribution in [3.63, 3.8) is 0 Å². The minimum absolute atomic E-state index is 0.387. The van der Waals surface area contributed by atoms with E-state index in [9.17, 15) is 4.79 Å². The molecule has 4 nitrogen and oxygen atoms in total. The van der Waals surface area contributed by atoms with E-state index >= 15 is 0 Å². The summed E-state index contributed by atoms with van der Waals surface area (Å²) >= 11 is 0. The van der Waals surface area contributed by atoms with E-state index in [0.29, 0.717) is 11.3 Å². The molecule has 3 rings (SSSR count). The average Bonchev–Trinajstić information content (AvgIpc) is 2.97. The van der Waals surface area contributed by atoms with E-state index in [4.69, 9.17) is 4.74 Å². The Bertz CT molecular complexity index is 865. The van der Waals surface area contributed by atoms with Gasteiger partial charge in [-0.15, -0.1) is 0 Å². The Labute approximate surface area is 141 Å². The number of nitrogens with zero attached hydrogens (tertiary/aromatic N) is 2. The molecular weight excluding hydrogens is 300 g/mol. The zero-order valence-corrected chi connectivity index (χ0v) is 13.6. The molecular formula is C20H18N2O2. The molecule has 0 radical (unpaired) electrons. The first-order chi connectivity index (χ1) is 11.7. The van der Waals surface area contributed by atoms with Crippen molar-refractivity contribution in [3.05, 3.63) is 83.2 Å². The predicted molar refractivity (Wildman–Crippen MR) is 95.0 cm³/mol. The summed E-state index contributed by atoms with van der Waals surface area (Å²) < 4.78 is 6.69.